The predicted octanol–water partition coefficient (Wildman–Crippen LogP) is 3.10. The first kappa shape index (κ1) is 20.8. The minimum Gasteiger partial charge on any atom is -0.490 e. The van der Waals surface area contributed by atoms with E-state index in [-0.39, 0.29) is 34.4 Å². The molecule has 31 heavy (non-hydrogen) atoms. The van der Waals surface area contributed by atoms with Crippen LogP contribution in [0.1, 0.15) is 12.5 Å². The van der Waals surface area contributed by atoms with Crippen LogP contribution >= 0.6 is 11.8 Å². The zero-order valence-electron chi connectivity index (χ0n) is 16.2. The lowest BCUT2D eigenvalue weighted by Crippen LogP contribution is -2.35. The molecule has 2 aliphatic rings. The minimum atomic E-state index is -4.05. The van der Waals surface area contributed by atoms with E-state index in [0.717, 1.165) is 11.8 Å². The van der Waals surface area contributed by atoms with Gasteiger partial charge in [0.2, 0.25) is 0 Å². The fraction of sp³-hybridized carbons (Fsp3) is 0.100. The summed E-state index contributed by atoms with van der Waals surface area (Å²) in [5.74, 6) is -0.454. The van der Waals surface area contributed by atoms with E-state index in [4.69, 9.17) is 14.3 Å². The Morgan fingerprint density at radius 2 is 1.94 bits per heavy atom. The van der Waals surface area contributed by atoms with Gasteiger partial charge in [-0.25, -0.2) is 0 Å². The van der Waals surface area contributed by atoms with Gasteiger partial charge in [-0.3, -0.25) is 10.2 Å². The van der Waals surface area contributed by atoms with Gasteiger partial charge >= 0.3 is 10.1 Å². The van der Waals surface area contributed by atoms with Crippen molar-refractivity contribution < 1.29 is 22.1 Å². The van der Waals surface area contributed by atoms with E-state index >= 15 is 0 Å². The average molecular weight is 457 g/mol. The lowest BCUT2D eigenvalue weighted by atomic mass is 10.1. The number of amides is 1. The number of carbonyl (C=O) groups is 1. The summed E-state index contributed by atoms with van der Waals surface area (Å²) in [6.45, 7) is 2.02. The Bertz CT molecular complexity index is 1250. The highest BCUT2D eigenvalue weighted by molar-refractivity contribution is 8.25. The van der Waals surface area contributed by atoms with Crippen LogP contribution in [0.5, 0.6) is 11.5 Å². The third-order valence-electron chi connectivity index (χ3n) is 4.21. The molecule has 0 atom stereocenters. The second-order valence-corrected chi connectivity index (χ2v) is 8.60. The summed E-state index contributed by atoms with van der Waals surface area (Å²) in [5.41, 5.74) is 2.06. The number of amidine groups is 2. The number of rotatable bonds is 6. The third kappa shape index (κ3) is 4.23. The first-order chi connectivity index (χ1) is 14.9. The molecule has 2 aromatic carbocycles. The number of carbonyl (C=O) groups excluding carboxylic acids is 1. The summed E-state index contributed by atoms with van der Waals surface area (Å²) in [6.07, 6.45) is 1.47. The molecule has 4 rings (SSSR count). The molecule has 0 aromatic heterocycles. The number of thioether (sulfide) groups is 1. The Balaban J connectivity index is 1.67. The first-order valence-corrected chi connectivity index (χ1v) is 11.4. The molecule has 11 heteroatoms. The molecule has 1 N–H and O–H groups in total. The van der Waals surface area contributed by atoms with Crippen LogP contribution in [-0.4, -0.2) is 42.5 Å². The van der Waals surface area contributed by atoms with E-state index in [2.05, 4.69) is 10.1 Å². The number of nitrogens with zero attached hydrogens (tertiary/aromatic N) is 3. The molecule has 0 saturated carbocycles. The second kappa shape index (κ2) is 8.36. The highest BCUT2D eigenvalue weighted by Gasteiger charge is 2.32. The molecular formula is C20H16N4O5S2. The van der Waals surface area contributed by atoms with Crippen molar-refractivity contribution >= 4 is 50.4 Å². The van der Waals surface area contributed by atoms with Gasteiger partial charge in [-0.05, 0) is 54.6 Å². The molecule has 0 aliphatic carbocycles. The molecule has 1 amide bonds. The molecule has 0 spiro atoms. The number of aliphatic imine (C=N–C) groups is 1. The van der Waals surface area contributed by atoms with Gasteiger partial charge in [0, 0.05) is 0 Å². The highest BCUT2D eigenvalue weighted by atomic mass is 32.2. The Hall–Kier alpha value is -3.44. The van der Waals surface area contributed by atoms with Gasteiger partial charge in [0.25, 0.3) is 5.91 Å². The van der Waals surface area contributed by atoms with Gasteiger partial charge in [-0.1, -0.05) is 24.3 Å². The Labute approximate surface area is 182 Å². The van der Waals surface area contributed by atoms with E-state index < -0.39 is 16.0 Å². The van der Waals surface area contributed by atoms with Crippen molar-refractivity contribution in [3.8, 4) is 11.5 Å². The standard InChI is InChI=1S/C20H16N4O5S2/c1-2-28-17-11-13(10-15-18(21)24-20(23-19(15)25)30-12-22-24)8-9-16(17)29-31(26,27)14-6-4-3-5-7-14/h3-12,21H,2H2,1H3/b15-10+,21-18?. The minimum absolute atomic E-state index is 0.0127. The Kier molecular flexibility index (Phi) is 5.61. The molecule has 9 nitrogen and oxygen atoms in total. The number of hydrogen-bond acceptors (Lipinski definition) is 8. The number of benzene rings is 2. The van der Waals surface area contributed by atoms with Crippen LogP contribution < -0.4 is 8.92 Å². The van der Waals surface area contributed by atoms with Gasteiger partial charge < -0.3 is 8.92 Å². The Morgan fingerprint density at radius 1 is 1.16 bits per heavy atom. The van der Waals surface area contributed by atoms with Crippen LogP contribution in [0.2, 0.25) is 0 Å². The molecular weight excluding hydrogens is 440 g/mol. The van der Waals surface area contributed by atoms with Crippen LogP contribution in [0.25, 0.3) is 6.08 Å². The molecule has 0 saturated heterocycles. The number of nitrogens with one attached hydrogen (secondary N) is 1. The fourth-order valence-corrected chi connectivity index (χ4v) is 4.38. The monoisotopic (exact) mass is 456 g/mol. The lowest BCUT2D eigenvalue weighted by Gasteiger charge is -2.20. The van der Waals surface area contributed by atoms with Crippen LogP contribution in [0.3, 0.4) is 0 Å². The number of hydrazone groups is 1. The Morgan fingerprint density at radius 3 is 2.68 bits per heavy atom. The summed E-state index contributed by atoms with van der Waals surface area (Å²) < 4.78 is 35.9. The van der Waals surface area contributed by atoms with E-state index in [1.54, 1.807) is 31.2 Å². The summed E-state index contributed by atoms with van der Waals surface area (Å²) in [7, 11) is -4.05. The van der Waals surface area contributed by atoms with Crippen LogP contribution in [0.4, 0.5) is 0 Å². The largest absolute Gasteiger partial charge is 0.490 e. The number of ether oxygens (including phenoxy) is 1. The summed E-state index contributed by atoms with van der Waals surface area (Å²) in [5, 5.41) is 13.8. The summed E-state index contributed by atoms with van der Waals surface area (Å²) in [6, 6.07) is 12.3. The first-order valence-electron chi connectivity index (χ1n) is 9.08. The predicted molar refractivity (Wildman–Crippen MR) is 118 cm³/mol. The zero-order chi connectivity index (χ0) is 22.0. The maximum Gasteiger partial charge on any atom is 0.339 e. The average Bonchev–Trinajstić information content (AvgIpc) is 3.22. The van der Waals surface area contributed by atoms with E-state index in [1.807, 2.05) is 0 Å². The van der Waals surface area contributed by atoms with Crippen molar-refractivity contribution in [2.45, 2.75) is 11.8 Å². The molecule has 158 valence electrons. The van der Waals surface area contributed by atoms with E-state index in [0.29, 0.717) is 10.7 Å². The molecule has 0 bridgehead atoms. The van der Waals surface area contributed by atoms with Crippen LogP contribution in [0, 0.1) is 5.41 Å². The molecule has 0 fully saturated rings. The molecule has 2 aliphatic heterocycles. The van der Waals surface area contributed by atoms with E-state index in [1.165, 1.54) is 40.9 Å². The zero-order valence-corrected chi connectivity index (χ0v) is 17.8. The fourth-order valence-electron chi connectivity index (χ4n) is 2.81. The summed E-state index contributed by atoms with van der Waals surface area (Å²) >= 11 is 1.16. The second-order valence-electron chi connectivity index (χ2n) is 6.25. The smallest absolute Gasteiger partial charge is 0.339 e. The molecule has 2 aromatic rings. The highest BCUT2D eigenvalue weighted by Crippen LogP contribution is 2.33. The maximum absolute atomic E-state index is 12.6. The molecule has 2 heterocycles. The molecule has 0 unspecified atom stereocenters. The van der Waals surface area contributed by atoms with Crippen molar-refractivity contribution in [3.05, 3.63) is 59.7 Å². The van der Waals surface area contributed by atoms with Crippen molar-refractivity contribution in [1.82, 2.24) is 5.01 Å². The molecule has 0 radical (unpaired) electrons. The van der Waals surface area contributed by atoms with Gasteiger partial charge in [-0.15, -0.1) is 0 Å². The van der Waals surface area contributed by atoms with Crippen LogP contribution in [-0.2, 0) is 14.9 Å². The van der Waals surface area contributed by atoms with Gasteiger partial charge in [0.1, 0.15) is 4.90 Å². The number of hydrogen-bond donors (Lipinski definition) is 1. The topological polar surface area (TPSA) is 121 Å². The van der Waals surface area contributed by atoms with Crippen molar-refractivity contribution in [2.24, 2.45) is 10.1 Å². The number of fused-ring (bicyclic) bond motifs is 1. The van der Waals surface area contributed by atoms with Crippen molar-refractivity contribution in [3.63, 3.8) is 0 Å². The third-order valence-corrected chi connectivity index (χ3v) is 6.13. The van der Waals surface area contributed by atoms with Gasteiger partial charge in [-0.2, -0.15) is 23.5 Å². The van der Waals surface area contributed by atoms with Crippen molar-refractivity contribution in [1.29, 1.82) is 5.41 Å². The SMILES string of the molecule is CCOc1cc(/C=C2\C(=N)N3N=CSC3=NC2=O)ccc1OS(=O)(=O)c1ccccc1. The van der Waals surface area contributed by atoms with Crippen molar-refractivity contribution in [2.75, 3.05) is 6.61 Å². The van der Waals surface area contributed by atoms with Crippen LogP contribution in [0.15, 0.2) is 69.1 Å². The normalized spacial score (nSPS) is 17.0. The summed E-state index contributed by atoms with van der Waals surface area (Å²) in [4.78, 5) is 16.3. The van der Waals surface area contributed by atoms with Gasteiger partial charge in [0.15, 0.2) is 22.5 Å². The van der Waals surface area contributed by atoms with E-state index in [9.17, 15) is 13.2 Å². The van der Waals surface area contributed by atoms with Gasteiger partial charge in [0.05, 0.1) is 17.7 Å². The lowest BCUT2D eigenvalue weighted by molar-refractivity contribution is -0.114. The quantitative estimate of drug-likeness (QED) is 0.523. The maximum atomic E-state index is 12.6.